The van der Waals surface area contributed by atoms with Gasteiger partial charge >= 0.3 is 6.61 Å². The molecule has 5 heteroatoms. The molecule has 0 aliphatic heterocycles. The van der Waals surface area contributed by atoms with Crippen molar-refractivity contribution in [1.29, 1.82) is 0 Å². The standard InChI is InChI=1S/C16H18F2N2O/c1-11(20-12(2)14-8-5-6-10-19-14)13-7-3-4-9-15(13)21-16(17)18/h3-12,16,20H,1-2H3. The molecule has 1 aromatic heterocycles. The Labute approximate surface area is 123 Å². The zero-order chi connectivity index (χ0) is 15.2. The van der Waals surface area contributed by atoms with Crippen LogP contribution in [0.15, 0.2) is 48.7 Å². The van der Waals surface area contributed by atoms with E-state index in [9.17, 15) is 8.78 Å². The molecule has 0 spiro atoms. The van der Waals surface area contributed by atoms with Crippen molar-refractivity contribution in [2.75, 3.05) is 0 Å². The van der Waals surface area contributed by atoms with Crippen LogP contribution >= 0.6 is 0 Å². The fourth-order valence-corrected chi connectivity index (χ4v) is 2.22. The minimum absolute atomic E-state index is 0.000746. The van der Waals surface area contributed by atoms with Gasteiger partial charge in [-0.3, -0.25) is 4.98 Å². The Kier molecular flexibility index (Phi) is 5.22. The molecule has 2 atom stereocenters. The molecule has 0 fully saturated rings. The highest BCUT2D eigenvalue weighted by Crippen LogP contribution is 2.27. The van der Waals surface area contributed by atoms with Crippen molar-refractivity contribution >= 4 is 0 Å². The first-order valence-corrected chi connectivity index (χ1v) is 6.78. The Morgan fingerprint density at radius 1 is 1.00 bits per heavy atom. The van der Waals surface area contributed by atoms with E-state index in [4.69, 9.17) is 0 Å². The summed E-state index contributed by atoms with van der Waals surface area (Å²) in [4.78, 5) is 4.28. The Bertz CT molecular complexity index is 563. The number of para-hydroxylation sites is 1. The summed E-state index contributed by atoms with van der Waals surface area (Å²) in [6.45, 7) is 1.06. The first-order chi connectivity index (χ1) is 10.1. The van der Waals surface area contributed by atoms with Crippen LogP contribution in [0.3, 0.4) is 0 Å². The Hall–Kier alpha value is -2.01. The number of ether oxygens (including phenoxy) is 1. The third-order valence-electron chi connectivity index (χ3n) is 3.23. The van der Waals surface area contributed by atoms with Crippen LogP contribution in [0.4, 0.5) is 8.78 Å². The van der Waals surface area contributed by atoms with Crippen molar-refractivity contribution in [2.24, 2.45) is 0 Å². The predicted octanol–water partition coefficient (Wildman–Crippen LogP) is 4.09. The maximum atomic E-state index is 12.4. The molecular formula is C16H18F2N2O. The van der Waals surface area contributed by atoms with E-state index in [-0.39, 0.29) is 17.8 Å². The molecule has 0 amide bonds. The first kappa shape index (κ1) is 15.4. The molecule has 1 heterocycles. The molecule has 2 rings (SSSR count). The molecule has 2 aromatic rings. The van der Waals surface area contributed by atoms with Crippen LogP contribution in [0, 0.1) is 0 Å². The Balaban J connectivity index is 2.11. The second-order valence-corrected chi connectivity index (χ2v) is 4.78. The summed E-state index contributed by atoms with van der Waals surface area (Å²) in [6, 6.07) is 12.4. The number of benzene rings is 1. The number of nitrogens with one attached hydrogen (secondary N) is 1. The quantitative estimate of drug-likeness (QED) is 0.870. The lowest BCUT2D eigenvalue weighted by molar-refractivity contribution is -0.0506. The number of nitrogens with zero attached hydrogens (tertiary/aromatic N) is 1. The van der Waals surface area contributed by atoms with E-state index in [1.165, 1.54) is 0 Å². The van der Waals surface area contributed by atoms with Gasteiger partial charge in [0.15, 0.2) is 0 Å². The van der Waals surface area contributed by atoms with Crippen molar-refractivity contribution in [2.45, 2.75) is 32.5 Å². The van der Waals surface area contributed by atoms with Crippen molar-refractivity contribution in [3.63, 3.8) is 0 Å². The SMILES string of the molecule is CC(NC(C)c1ccccc1OC(F)F)c1ccccn1. The van der Waals surface area contributed by atoms with Gasteiger partial charge in [0, 0.05) is 23.8 Å². The van der Waals surface area contributed by atoms with Crippen LogP contribution in [0.5, 0.6) is 5.75 Å². The highest BCUT2D eigenvalue weighted by molar-refractivity contribution is 5.35. The highest BCUT2D eigenvalue weighted by atomic mass is 19.3. The molecule has 21 heavy (non-hydrogen) atoms. The fourth-order valence-electron chi connectivity index (χ4n) is 2.22. The second-order valence-electron chi connectivity index (χ2n) is 4.78. The van der Waals surface area contributed by atoms with Gasteiger partial charge < -0.3 is 10.1 Å². The van der Waals surface area contributed by atoms with Crippen LogP contribution in [0.2, 0.25) is 0 Å². The summed E-state index contributed by atoms with van der Waals surface area (Å²) in [5.74, 6) is 0.195. The zero-order valence-corrected chi connectivity index (χ0v) is 12.0. The van der Waals surface area contributed by atoms with E-state index >= 15 is 0 Å². The van der Waals surface area contributed by atoms with Gasteiger partial charge in [0.1, 0.15) is 5.75 Å². The summed E-state index contributed by atoms with van der Waals surface area (Å²) in [6.07, 6.45) is 1.73. The van der Waals surface area contributed by atoms with Crippen LogP contribution in [0.25, 0.3) is 0 Å². The van der Waals surface area contributed by atoms with E-state index in [0.717, 1.165) is 5.69 Å². The van der Waals surface area contributed by atoms with E-state index < -0.39 is 6.61 Å². The summed E-state index contributed by atoms with van der Waals surface area (Å²) >= 11 is 0. The average Bonchev–Trinajstić information content (AvgIpc) is 2.48. The van der Waals surface area contributed by atoms with Crippen LogP contribution in [0.1, 0.15) is 37.2 Å². The topological polar surface area (TPSA) is 34.1 Å². The van der Waals surface area contributed by atoms with Crippen LogP contribution in [-0.2, 0) is 0 Å². The summed E-state index contributed by atoms with van der Waals surface area (Å²) < 4.78 is 29.4. The van der Waals surface area contributed by atoms with E-state index in [1.54, 1.807) is 30.5 Å². The van der Waals surface area contributed by atoms with E-state index in [0.29, 0.717) is 5.56 Å². The molecule has 0 radical (unpaired) electrons. The maximum Gasteiger partial charge on any atom is 0.387 e. The Morgan fingerprint density at radius 2 is 1.71 bits per heavy atom. The highest BCUT2D eigenvalue weighted by Gasteiger charge is 2.17. The lowest BCUT2D eigenvalue weighted by atomic mass is 10.1. The first-order valence-electron chi connectivity index (χ1n) is 6.78. The van der Waals surface area contributed by atoms with Crippen LogP contribution < -0.4 is 10.1 Å². The van der Waals surface area contributed by atoms with Crippen LogP contribution in [-0.4, -0.2) is 11.6 Å². The van der Waals surface area contributed by atoms with Gasteiger partial charge in [-0.2, -0.15) is 8.78 Å². The zero-order valence-electron chi connectivity index (χ0n) is 12.0. The average molecular weight is 292 g/mol. The summed E-state index contributed by atoms with van der Waals surface area (Å²) in [7, 11) is 0. The molecule has 0 saturated heterocycles. The van der Waals surface area contributed by atoms with Gasteiger partial charge in [0.2, 0.25) is 0 Å². The molecule has 0 saturated carbocycles. The van der Waals surface area contributed by atoms with Gasteiger partial charge in [-0.15, -0.1) is 0 Å². The normalized spacial score (nSPS) is 14.0. The van der Waals surface area contributed by atoms with Crippen molar-refractivity contribution in [1.82, 2.24) is 10.3 Å². The third kappa shape index (κ3) is 4.23. The number of halogens is 2. The van der Waals surface area contributed by atoms with E-state index in [2.05, 4.69) is 15.0 Å². The van der Waals surface area contributed by atoms with E-state index in [1.807, 2.05) is 32.0 Å². The number of aromatic nitrogens is 1. The van der Waals surface area contributed by atoms with Gasteiger partial charge in [-0.25, -0.2) is 0 Å². The number of hydrogen-bond donors (Lipinski definition) is 1. The van der Waals surface area contributed by atoms with Crippen molar-refractivity contribution in [3.05, 3.63) is 59.9 Å². The smallest absolute Gasteiger partial charge is 0.387 e. The molecule has 1 aromatic carbocycles. The van der Waals surface area contributed by atoms with Gasteiger partial charge in [-0.1, -0.05) is 24.3 Å². The Morgan fingerprint density at radius 3 is 2.38 bits per heavy atom. The fraction of sp³-hybridized carbons (Fsp3) is 0.312. The largest absolute Gasteiger partial charge is 0.434 e. The lowest BCUT2D eigenvalue weighted by Crippen LogP contribution is -2.23. The minimum atomic E-state index is -2.83. The van der Waals surface area contributed by atoms with Crippen molar-refractivity contribution < 1.29 is 13.5 Å². The minimum Gasteiger partial charge on any atom is -0.434 e. The van der Waals surface area contributed by atoms with Crippen molar-refractivity contribution in [3.8, 4) is 5.75 Å². The van der Waals surface area contributed by atoms with Gasteiger partial charge in [0.05, 0.1) is 5.69 Å². The number of pyridine rings is 1. The van der Waals surface area contributed by atoms with Gasteiger partial charge in [0.25, 0.3) is 0 Å². The van der Waals surface area contributed by atoms with Gasteiger partial charge in [-0.05, 0) is 32.0 Å². The number of alkyl halides is 2. The number of rotatable bonds is 6. The molecule has 0 aliphatic carbocycles. The third-order valence-corrected chi connectivity index (χ3v) is 3.23. The lowest BCUT2D eigenvalue weighted by Gasteiger charge is -2.22. The molecule has 2 unspecified atom stereocenters. The summed E-state index contributed by atoms with van der Waals surface area (Å²) in [5, 5.41) is 3.34. The predicted molar refractivity (Wildman–Crippen MR) is 77.3 cm³/mol. The number of hydrogen-bond acceptors (Lipinski definition) is 3. The maximum absolute atomic E-state index is 12.4. The molecule has 0 aliphatic rings. The molecular weight excluding hydrogens is 274 g/mol. The summed E-state index contributed by atoms with van der Waals surface area (Å²) in [5.41, 5.74) is 1.59. The molecule has 1 N–H and O–H groups in total. The molecule has 0 bridgehead atoms. The molecule has 3 nitrogen and oxygen atoms in total. The monoisotopic (exact) mass is 292 g/mol. The molecule has 112 valence electrons. The second kappa shape index (κ2) is 7.13.